The van der Waals surface area contributed by atoms with Gasteiger partial charge in [-0.05, 0) is 61.4 Å². The number of benzene rings is 1. The Labute approximate surface area is 108 Å². The summed E-state index contributed by atoms with van der Waals surface area (Å²) in [6, 6.07) is 7.05. The molecule has 2 aromatic rings. The molecule has 2 heteroatoms. The first kappa shape index (κ1) is 12.2. The maximum Gasteiger partial charge on any atom is 0.0488 e. The van der Waals surface area contributed by atoms with Crippen molar-refractivity contribution < 1.29 is 0 Å². The van der Waals surface area contributed by atoms with Crippen molar-refractivity contribution in [3.05, 3.63) is 51.2 Å². The molecule has 0 amide bonds. The van der Waals surface area contributed by atoms with Crippen molar-refractivity contribution in [2.45, 2.75) is 33.7 Å². The number of thiophene rings is 1. The summed E-state index contributed by atoms with van der Waals surface area (Å²) < 4.78 is 0. The highest BCUT2D eigenvalue weighted by Crippen LogP contribution is 2.25. The zero-order valence-corrected chi connectivity index (χ0v) is 11.7. The second kappa shape index (κ2) is 4.92. The monoisotopic (exact) mass is 245 g/mol. The topological polar surface area (TPSA) is 12.0 Å². The molecule has 0 fully saturated rings. The molecule has 0 spiro atoms. The zero-order chi connectivity index (χ0) is 12.4. The lowest BCUT2D eigenvalue weighted by Crippen LogP contribution is -2.08. The zero-order valence-electron chi connectivity index (χ0n) is 10.9. The molecule has 0 bridgehead atoms. The van der Waals surface area contributed by atoms with Crippen LogP contribution in [0.15, 0.2) is 29.0 Å². The molecular weight excluding hydrogens is 226 g/mol. The lowest BCUT2D eigenvalue weighted by molar-refractivity contribution is 0.872. The second-order valence-corrected chi connectivity index (χ2v) is 5.45. The Morgan fingerprint density at radius 1 is 1.06 bits per heavy atom. The van der Waals surface area contributed by atoms with Crippen LogP contribution in [0.3, 0.4) is 0 Å². The van der Waals surface area contributed by atoms with Crippen LogP contribution >= 0.6 is 11.3 Å². The van der Waals surface area contributed by atoms with E-state index < -0.39 is 0 Å². The van der Waals surface area contributed by atoms with Crippen LogP contribution in [0.4, 0.5) is 5.69 Å². The van der Waals surface area contributed by atoms with Gasteiger partial charge in [0, 0.05) is 17.1 Å². The van der Waals surface area contributed by atoms with Crippen molar-refractivity contribution in [1.82, 2.24) is 0 Å². The summed E-state index contributed by atoms with van der Waals surface area (Å²) >= 11 is 1.72. The molecule has 90 valence electrons. The number of rotatable bonds is 3. The number of aryl methyl sites for hydroxylation is 3. The van der Waals surface area contributed by atoms with Crippen LogP contribution in [-0.2, 0) is 0 Å². The minimum atomic E-state index is 0.351. The van der Waals surface area contributed by atoms with Crippen LogP contribution in [0.25, 0.3) is 0 Å². The maximum atomic E-state index is 3.54. The normalized spacial score (nSPS) is 12.5. The lowest BCUT2D eigenvalue weighted by Gasteiger charge is -2.18. The van der Waals surface area contributed by atoms with Gasteiger partial charge in [0.25, 0.3) is 0 Å². The van der Waals surface area contributed by atoms with Gasteiger partial charge in [0.1, 0.15) is 0 Å². The van der Waals surface area contributed by atoms with Gasteiger partial charge in [-0.1, -0.05) is 12.1 Å². The van der Waals surface area contributed by atoms with Crippen LogP contribution < -0.4 is 5.32 Å². The van der Waals surface area contributed by atoms with E-state index in [2.05, 4.69) is 62.0 Å². The highest BCUT2D eigenvalue weighted by Gasteiger charge is 2.10. The minimum Gasteiger partial charge on any atom is -0.378 e. The molecular formula is C15H19NS. The molecule has 1 aromatic heterocycles. The average Bonchev–Trinajstić information content (AvgIpc) is 2.76. The first-order valence-corrected chi connectivity index (χ1v) is 6.88. The molecule has 1 heterocycles. The predicted molar refractivity (Wildman–Crippen MR) is 77.0 cm³/mol. The Hall–Kier alpha value is -1.28. The third-order valence-electron chi connectivity index (χ3n) is 3.25. The molecule has 1 nitrogen and oxygen atoms in total. The van der Waals surface area contributed by atoms with E-state index in [0.717, 1.165) is 0 Å². The molecule has 2 rings (SSSR count). The maximum absolute atomic E-state index is 3.54. The Morgan fingerprint density at radius 2 is 1.76 bits per heavy atom. The summed E-state index contributed by atoms with van der Waals surface area (Å²) in [7, 11) is 0. The van der Waals surface area contributed by atoms with E-state index in [0.29, 0.717) is 6.04 Å². The van der Waals surface area contributed by atoms with Crippen LogP contribution in [0.5, 0.6) is 0 Å². The summed E-state index contributed by atoms with van der Waals surface area (Å²) in [4.78, 5) is 0. The van der Waals surface area contributed by atoms with Crippen molar-refractivity contribution in [2.75, 3.05) is 5.32 Å². The van der Waals surface area contributed by atoms with Crippen molar-refractivity contribution in [1.29, 1.82) is 0 Å². The predicted octanol–water partition coefficient (Wildman–Crippen LogP) is 4.85. The second-order valence-electron chi connectivity index (χ2n) is 4.67. The molecule has 0 aliphatic carbocycles. The molecule has 1 atom stereocenters. The van der Waals surface area contributed by atoms with Gasteiger partial charge in [0.2, 0.25) is 0 Å². The Bertz CT molecular complexity index is 500. The third kappa shape index (κ3) is 2.70. The molecule has 1 unspecified atom stereocenters. The highest BCUT2D eigenvalue weighted by molar-refractivity contribution is 7.08. The standard InChI is InChI=1S/C15H19NS/c1-10-7-12(3)15(8-11(10)2)13(4)16-14-5-6-17-9-14/h5-9,13,16H,1-4H3. The molecule has 0 radical (unpaired) electrons. The molecule has 0 saturated heterocycles. The quantitative estimate of drug-likeness (QED) is 0.815. The van der Waals surface area contributed by atoms with Gasteiger partial charge >= 0.3 is 0 Å². The highest BCUT2D eigenvalue weighted by atomic mass is 32.1. The first-order chi connectivity index (χ1) is 8.08. The van der Waals surface area contributed by atoms with Crippen molar-refractivity contribution >= 4 is 17.0 Å². The van der Waals surface area contributed by atoms with Crippen molar-refractivity contribution in [2.24, 2.45) is 0 Å². The van der Waals surface area contributed by atoms with E-state index in [1.54, 1.807) is 11.3 Å². The van der Waals surface area contributed by atoms with E-state index in [1.807, 2.05) is 0 Å². The fourth-order valence-electron chi connectivity index (χ4n) is 2.12. The number of nitrogens with one attached hydrogen (secondary N) is 1. The largest absolute Gasteiger partial charge is 0.378 e. The third-order valence-corrected chi connectivity index (χ3v) is 3.94. The smallest absolute Gasteiger partial charge is 0.0488 e. The average molecular weight is 245 g/mol. The lowest BCUT2D eigenvalue weighted by atomic mass is 9.96. The van der Waals surface area contributed by atoms with Gasteiger partial charge in [0.05, 0.1) is 0 Å². The van der Waals surface area contributed by atoms with E-state index >= 15 is 0 Å². The number of hydrogen-bond acceptors (Lipinski definition) is 2. The Morgan fingerprint density at radius 3 is 2.41 bits per heavy atom. The summed E-state index contributed by atoms with van der Waals surface area (Å²) in [6.07, 6.45) is 0. The van der Waals surface area contributed by atoms with E-state index in [4.69, 9.17) is 0 Å². The summed E-state index contributed by atoms with van der Waals surface area (Å²) in [6.45, 7) is 8.75. The van der Waals surface area contributed by atoms with Crippen LogP contribution in [0.1, 0.15) is 35.2 Å². The van der Waals surface area contributed by atoms with Gasteiger partial charge in [-0.15, -0.1) is 0 Å². The fraction of sp³-hybridized carbons (Fsp3) is 0.333. The van der Waals surface area contributed by atoms with Gasteiger partial charge in [-0.2, -0.15) is 11.3 Å². The fourth-order valence-corrected chi connectivity index (χ4v) is 2.72. The number of anilines is 1. The van der Waals surface area contributed by atoms with Gasteiger partial charge < -0.3 is 5.32 Å². The molecule has 17 heavy (non-hydrogen) atoms. The van der Waals surface area contributed by atoms with Crippen LogP contribution in [-0.4, -0.2) is 0 Å². The SMILES string of the molecule is Cc1cc(C)c(C(C)Nc2ccsc2)cc1C. The molecule has 0 aliphatic rings. The van der Waals surface area contributed by atoms with Gasteiger partial charge in [-0.25, -0.2) is 0 Å². The summed E-state index contributed by atoms with van der Waals surface area (Å²) in [5.74, 6) is 0. The van der Waals surface area contributed by atoms with Crippen LogP contribution in [0.2, 0.25) is 0 Å². The molecule has 0 aliphatic heterocycles. The van der Waals surface area contributed by atoms with Crippen molar-refractivity contribution in [3.8, 4) is 0 Å². The summed E-state index contributed by atoms with van der Waals surface area (Å²) in [5, 5.41) is 7.78. The first-order valence-electron chi connectivity index (χ1n) is 5.94. The Balaban J connectivity index is 2.24. The van der Waals surface area contributed by atoms with E-state index in [-0.39, 0.29) is 0 Å². The van der Waals surface area contributed by atoms with Gasteiger partial charge in [-0.3, -0.25) is 0 Å². The molecule has 1 aromatic carbocycles. The molecule has 1 N–H and O–H groups in total. The van der Waals surface area contributed by atoms with E-state index in [9.17, 15) is 0 Å². The van der Waals surface area contributed by atoms with Gasteiger partial charge in [0.15, 0.2) is 0 Å². The molecule has 0 saturated carbocycles. The Kier molecular flexibility index (Phi) is 3.53. The number of hydrogen-bond donors (Lipinski definition) is 1. The van der Waals surface area contributed by atoms with E-state index in [1.165, 1.54) is 27.9 Å². The van der Waals surface area contributed by atoms with Crippen LogP contribution in [0, 0.1) is 20.8 Å². The van der Waals surface area contributed by atoms with Crippen molar-refractivity contribution in [3.63, 3.8) is 0 Å². The summed E-state index contributed by atoms with van der Waals surface area (Å²) in [5.41, 5.74) is 6.70. The minimum absolute atomic E-state index is 0.351.